The number of carboxylic acid groups (broad SMARTS) is 1. The molecule has 0 aliphatic rings. The van der Waals surface area contributed by atoms with E-state index in [2.05, 4.69) is 10.3 Å². The number of benzene rings is 1. The van der Waals surface area contributed by atoms with Crippen LogP contribution in [0.1, 0.15) is 11.6 Å². The van der Waals surface area contributed by atoms with E-state index in [1.54, 1.807) is 30.3 Å². The van der Waals surface area contributed by atoms with Gasteiger partial charge in [0.15, 0.2) is 6.61 Å². The highest BCUT2D eigenvalue weighted by atomic mass is 16.7. The summed E-state index contributed by atoms with van der Waals surface area (Å²) in [5, 5.41) is 19.1. The van der Waals surface area contributed by atoms with Crippen molar-refractivity contribution in [2.75, 3.05) is 13.2 Å². The summed E-state index contributed by atoms with van der Waals surface area (Å²) in [6.07, 6.45) is 0. The largest absolute Gasteiger partial charge is 0.479 e. The van der Waals surface area contributed by atoms with Gasteiger partial charge in [-0.15, -0.1) is 0 Å². The number of nitro groups is 1. The van der Waals surface area contributed by atoms with Gasteiger partial charge in [0.1, 0.15) is 0 Å². The highest BCUT2D eigenvalue weighted by molar-refractivity contribution is 5.67. The molecule has 0 amide bonds. The monoisotopic (exact) mass is 240 g/mol. The molecule has 1 atom stereocenters. The topological polar surface area (TPSA) is 102 Å². The van der Waals surface area contributed by atoms with E-state index in [1.807, 2.05) is 0 Å². The summed E-state index contributed by atoms with van der Waals surface area (Å²) in [5.41, 5.74) is 2.81. The Bertz CT molecular complexity index is 382. The molecule has 0 spiro atoms. The number of carbonyl (C=O) groups is 1. The first kappa shape index (κ1) is 13.1. The lowest BCUT2D eigenvalue weighted by Crippen LogP contribution is -2.28. The Morgan fingerprint density at radius 3 is 2.65 bits per heavy atom. The fraction of sp³-hybridized carbons (Fsp3) is 0.300. The average molecular weight is 240 g/mol. The van der Waals surface area contributed by atoms with Crippen LogP contribution in [0.4, 0.5) is 0 Å². The Morgan fingerprint density at radius 1 is 1.47 bits per heavy atom. The van der Waals surface area contributed by atoms with Gasteiger partial charge in [-0.1, -0.05) is 30.3 Å². The lowest BCUT2D eigenvalue weighted by molar-refractivity contribution is -0.528. The first-order valence-electron chi connectivity index (χ1n) is 4.86. The van der Waals surface area contributed by atoms with E-state index >= 15 is 0 Å². The van der Waals surface area contributed by atoms with Crippen LogP contribution in [0.2, 0.25) is 0 Å². The minimum atomic E-state index is -1.14. The highest BCUT2D eigenvalue weighted by Gasteiger charge is 2.22. The molecule has 0 heterocycles. The van der Waals surface area contributed by atoms with E-state index in [9.17, 15) is 14.9 Å². The summed E-state index contributed by atoms with van der Waals surface area (Å²) in [7, 11) is 0. The van der Waals surface area contributed by atoms with Gasteiger partial charge in [-0.2, -0.15) is 5.48 Å². The summed E-state index contributed by atoms with van der Waals surface area (Å²) in [5.74, 6) is -1.14. The lowest BCUT2D eigenvalue weighted by Gasteiger charge is -2.10. The van der Waals surface area contributed by atoms with E-state index in [1.165, 1.54) is 0 Å². The van der Waals surface area contributed by atoms with Gasteiger partial charge in [0.05, 0.1) is 6.54 Å². The second-order valence-corrected chi connectivity index (χ2v) is 3.24. The van der Waals surface area contributed by atoms with Crippen molar-refractivity contribution in [3.05, 3.63) is 46.0 Å². The quantitative estimate of drug-likeness (QED) is 0.411. The Kier molecular flexibility index (Phi) is 5.05. The molecule has 0 aromatic heterocycles. The van der Waals surface area contributed by atoms with Crippen molar-refractivity contribution in [2.45, 2.75) is 6.04 Å². The van der Waals surface area contributed by atoms with Crippen molar-refractivity contribution in [3.63, 3.8) is 0 Å². The molecular weight excluding hydrogens is 228 g/mol. The van der Waals surface area contributed by atoms with E-state index in [0.29, 0.717) is 5.56 Å². The maximum atomic E-state index is 10.8. The molecule has 0 saturated heterocycles. The number of carboxylic acids is 1. The van der Waals surface area contributed by atoms with Gasteiger partial charge in [0.25, 0.3) is 6.04 Å². The lowest BCUT2D eigenvalue weighted by atomic mass is 10.1. The summed E-state index contributed by atoms with van der Waals surface area (Å²) in [6.45, 7) is -0.635. The van der Waals surface area contributed by atoms with E-state index in [4.69, 9.17) is 5.11 Å². The molecule has 92 valence electrons. The molecule has 1 rings (SSSR count). The molecule has 7 nitrogen and oxygen atoms in total. The number of rotatable bonds is 7. The third-order valence-electron chi connectivity index (χ3n) is 2.01. The third-order valence-corrected chi connectivity index (χ3v) is 2.01. The number of nitrogens with one attached hydrogen (secondary N) is 1. The predicted octanol–water partition coefficient (Wildman–Crippen LogP) is 0.610. The molecule has 0 saturated carbocycles. The van der Waals surface area contributed by atoms with Gasteiger partial charge < -0.3 is 5.11 Å². The fourth-order valence-corrected chi connectivity index (χ4v) is 1.24. The van der Waals surface area contributed by atoms with Gasteiger partial charge in [0.2, 0.25) is 0 Å². The van der Waals surface area contributed by atoms with Crippen LogP contribution in [0.25, 0.3) is 0 Å². The predicted molar refractivity (Wildman–Crippen MR) is 57.8 cm³/mol. The van der Waals surface area contributed by atoms with Crippen LogP contribution in [0.15, 0.2) is 30.3 Å². The number of nitrogens with zero attached hydrogens (tertiary/aromatic N) is 1. The standard InChI is InChI=1S/C10H12N2O5/c13-10(14)7-17-11-6-9(12(15)16)8-4-2-1-3-5-8/h1-5,9,11H,6-7H2,(H,13,14). The molecule has 0 fully saturated rings. The molecule has 0 aliphatic heterocycles. The molecular formula is C10H12N2O5. The zero-order chi connectivity index (χ0) is 12.7. The third kappa shape index (κ3) is 4.58. The van der Waals surface area contributed by atoms with Crippen molar-refractivity contribution >= 4 is 5.97 Å². The Balaban J connectivity index is 2.51. The SMILES string of the molecule is O=C(O)CONCC(c1ccccc1)[N+](=O)[O-]. The highest BCUT2D eigenvalue weighted by Crippen LogP contribution is 2.14. The maximum absolute atomic E-state index is 10.8. The molecule has 2 N–H and O–H groups in total. The maximum Gasteiger partial charge on any atom is 0.331 e. The van der Waals surface area contributed by atoms with Crippen molar-refractivity contribution in [3.8, 4) is 0 Å². The number of hydroxylamine groups is 1. The van der Waals surface area contributed by atoms with Crippen molar-refractivity contribution < 1.29 is 19.7 Å². The number of hydrogen-bond acceptors (Lipinski definition) is 5. The normalized spacial score (nSPS) is 12.0. The Hall–Kier alpha value is -1.99. The number of hydrogen-bond donors (Lipinski definition) is 2. The van der Waals surface area contributed by atoms with Crippen molar-refractivity contribution in [1.82, 2.24) is 5.48 Å². The molecule has 0 aliphatic carbocycles. The molecule has 1 unspecified atom stereocenters. The fourth-order valence-electron chi connectivity index (χ4n) is 1.24. The van der Waals surface area contributed by atoms with E-state index < -0.39 is 23.5 Å². The van der Waals surface area contributed by atoms with Crippen LogP contribution >= 0.6 is 0 Å². The second kappa shape index (κ2) is 6.56. The van der Waals surface area contributed by atoms with Gasteiger partial charge >= 0.3 is 5.97 Å². The van der Waals surface area contributed by atoms with E-state index in [0.717, 1.165) is 0 Å². The first-order valence-corrected chi connectivity index (χ1v) is 4.86. The van der Waals surface area contributed by atoms with Gasteiger partial charge in [-0.05, 0) is 0 Å². The van der Waals surface area contributed by atoms with E-state index in [-0.39, 0.29) is 6.54 Å². The minimum Gasteiger partial charge on any atom is -0.479 e. The zero-order valence-corrected chi connectivity index (χ0v) is 8.91. The van der Waals surface area contributed by atoms with Gasteiger partial charge in [-0.3, -0.25) is 15.0 Å². The number of aliphatic carboxylic acids is 1. The summed E-state index contributed by atoms with van der Waals surface area (Å²) in [4.78, 5) is 25.1. The summed E-state index contributed by atoms with van der Waals surface area (Å²) < 4.78 is 0. The Morgan fingerprint density at radius 2 is 2.12 bits per heavy atom. The summed E-state index contributed by atoms with van der Waals surface area (Å²) in [6, 6.07) is 7.45. The molecule has 7 heteroatoms. The zero-order valence-electron chi connectivity index (χ0n) is 8.91. The smallest absolute Gasteiger partial charge is 0.331 e. The minimum absolute atomic E-state index is 0.0930. The van der Waals surface area contributed by atoms with Gasteiger partial charge in [0, 0.05) is 10.5 Å². The Labute approximate surface area is 97.1 Å². The van der Waals surface area contributed by atoms with Gasteiger partial charge in [-0.25, -0.2) is 4.79 Å². The van der Waals surface area contributed by atoms with Crippen LogP contribution in [-0.4, -0.2) is 29.2 Å². The van der Waals surface area contributed by atoms with Crippen LogP contribution in [0.3, 0.4) is 0 Å². The van der Waals surface area contributed by atoms with Crippen LogP contribution in [0, 0.1) is 10.1 Å². The molecule has 1 aromatic rings. The molecule has 17 heavy (non-hydrogen) atoms. The van der Waals surface area contributed by atoms with Crippen molar-refractivity contribution in [2.24, 2.45) is 0 Å². The molecule has 0 bridgehead atoms. The van der Waals surface area contributed by atoms with Crippen LogP contribution < -0.4 is 5.48 Å². The second-order valence-electron chi connectivity index (χ2n) is 3.24. The molecule has 1 aromatic carbocycles. The van der Waals surface area contributed by atoms with Crippen LogP contribution in [-0.2, 0) is 9.63 Å². The average Bonchev–Trinajstić information content (AvgIpc) is 2.29. The molecule has 0 radical (unpaired) electrons. The first-order chi connectivity index (χ1) is 8.11. The van der Waals surface area contributed by atoms with Crippen molar-refractivity contribution in [1.29, 1.82) is 0 Å². The van der Waals surface area contributed by atoms with Crippen LogP contribution in [0.5, 0.6) is 0 Å². The summed E-state index contributed by atoms with van der Waals surface area (Å²) >= 11 is 0.